The lowest BCUT2D eigenvalue weighted by atomic mass is 10.2. The number of pyridine rings is 1. The Kier molecular flexibility index (Phi) is 4.11. The van der Waals surface area contributed by atoms with Crippen LogP contribution in [0.2, 0.25) is 5.02 Å². The number of aromatic nitrogens is 2. The van der Waals surface area contributed by atoms with Crippen molar-refractivity contribution in [3.8, 4) is 0 Å². The summed E-state index contributed by atoms with van der Waals surface area (Å²) in [5.41, 5.74) is 2.16. The molecule has 5 nitrogen and oxygen atoms in total. The van der Waals surface area contributed by atoms with E-state index >= 15 is 0 Å². The average Bonchev–Trinajstić information content (AvgIpc) is 2.89. The van der Waals surface area contributed by atoms with Crippen LogP contribution in [0.5, 0.6) is 0 Å². The molecule has 0 saturated heterocycles. The fraction of sp³-hybridized carbons (Fsp3) is 0.182. The van der Waals surface area contributed by atoms with Gasteiger partial charge in [-0.05, 0) is 6.07 Å². The van der Waals surface area contributed by atoms with Gasteiger partial charge in [-0.3, -0.25) is 9.78 Å². The fourth-order valence-corrected chi connectivity index (χ4v) is 2.14. The van der Waals surface area contributed by atoms with Crippen LogP contribution in [0.4, 0.5) is 5.82 Å². The van der Waals surface area contributed by atoms with Gasteiger partial charge in [0.2, 0.25) is 0 Å². The van der Waals surface area contributed by atoms with Gasteiger partial charge in [0.05, 0.1) is 22.6 Å². The van der Waals surface area contributed by atoms with E-state index in [-0.39, 0.29) is 5.91 Å². The smallest absolute Gasteiger partial charge is 0.253 e. The molecule has 0 saturated carbocycles. The molecule has 7 heteroatoms. The Balaban J connectivity index is 2.02. The van der Waals surface area contributed by atoms with Crippen LogP contribution in [0.1, 0.15) is 15.2 Å². The van der Waals surface area contributed by atoms with Crippen molar-refractivity contribution in [2.75, 3.05) is 12.4 Å². The monoisotopic (exact) mass is 282 g/mol. The maximum Gasteiger partial charge on any atom is 0.253 e. The first kappa shape index (κ1) is 12.8. The number of nitrogens with one attached hydrogen (secondary N) is 2. The first-order valence-electron chi connectivity index (χ1n) is 5.19. The van der Waals surface area contributed by atoms with Crippen molar-refractivity contribution in [3.05, 3.63) is 39.4 Å². The van der Waals surface area contributed by atoms with Crippen LogP contribution in [-0.2, 0) is 6.54 Å². The zero-order valence-electron chi connectivity index (χ0n) is 9.61. The summed E-state index contributed by atoms with van der Waals surface area (Å²) in [7, 11) is 1.72. The molecule has 2 rings (SSSR count). The normalized spacial score (nSPS) is 10.1. The third-order valence-corrected chi connectivity index (χ3v) is 3.31. The molecule has 0 aliphatic heterocycles. The Hall–Kier alpha value is -1.66. The van der Waals surface area contributed by atoms with Crippen molar-refractivity contribution in [1.82, 2.24) is 15.3 Å². The van der Waals surface area contributed by atoms with Crippen LogP contribution >= 0.6 is 22.9 Å². The van der Waals surface area contributed by atoms with Gasteiger partial charge in [-0.25, -0.2) is 4.98 Å². The zero-order chi connectivity index (χ0) is 13.0. The van der Waals surface area contributed by atoms with Gasteiger partial charge in [-0.2, -0.15) is 0 Å². The van der Waals surface area contributed by atoms with Crippen molar-refractivity contribution in [3.63, 3.8) is 0 Å². The lowest BCUT2D eigenvalue weighted by Crippen LogP contribution is -2.22. The summed E-state index contributed by atoms with van der Waals surface area (Å²) in [5.74, 6) is 0.344. The van der Waals surface area contributed by atoms with Crippen molar-refractivity contribution in [2.24, 2.45) is 0 Å². The predicted molar refractivity (Wildman–Crippen MR) is 72.1 cm³/mol. The standard InChI is InChI=1S/C11H11ClN4OS/c1-13-10-9(12)2-7(3-15-10)11(17)16-5-8-4-14-6-18-8/h2-4,6H,5H2,1H3,(H,13,15)(H,16,17). The van der Waals surface area contributed by atoms with Crippen LogP contribution in [0, 0.1) is 0 Å². The quantitative estimate of drug-likeness (QED) is 0.902. The number of halogens is 1. The highest BCUT2D eigenvalue weighted by atomic mass is 35.5. The predicted octanol–water partition coefficient (Wildman–Crippen LogP) is 2.16. The van der Waals surface area contributed by atoms with E-state index in [0.717, 1.165) is 4.88 Å². The molecule has 1 amide bonds. The van der Waals surface area contributed by atoms with Crippen molar-refractivity contribution in [2.45, 2.75) is 6.54 Å². The molecule has 94 valence electrons. The van der Waals surface area contributed by atoms with Crippen molar-refractivity contribution < 1.29 is 4.79 Å². The van der Waals surface area contributed by atoms with Gasteiger partial charge >= 0.3 is 0 Å². The minimum absolute atomic E-state index is 0.208. The summed E-state index contributed by atoms with van der Waals surface area (Å²) in [6, 6.07) is 1.59. The third kappa shape index (κ3) is 2.96. The van der Waals surface area contributed by atoms with Crippen LogP contribution in [0.3, 0.4) is 0 Å². The number of anilines is 1. The highest BCUT2D eigenvalue weighted by Crippen LogP contribution is 2.19. The number of amides is 1. The van der Waals surface area contributed by atoms with Crippen LogP contribution in [0.15, 0.2) is 24.0 Å². The number of hydrogen-bond acceptors (Lipinski definition) is 5. The topological polar surface area (TPSA) is 66.9 Å². The lowest BCUT2D eigenvalue weighted by molar-refractivity contribution is 0.0951. The summed E-state index contributed by atoms with van der Waals surface area (Å²) in [5, 5.41) is 6.03. The molecule has 0 aromatic carbocycles. The molecule has 2 N–H and O–H groups in total. The molecule has 18 heavy (non-hydrogen) atoms. The number of carbonyl (C=O) groups is 1. The van der Waals surface area contributed by atoms with E-state index in [1.54, 1.807) is 24.8 Å². The van der Waals surface area contributed by atoms with Gasteiger partial charge in [-0.1, -0.05) is 11.6 Å². The van der Waals surface area contributed by atoms with Gasteiger partial charge in [0.25, 0.3) is 5.91 Å². The second-order valence-corrected chi connectivity index (χ2v) is 4.83. The van der Waals surface area contributed by atoms with Crippen LogP contribution < -0.4 is 10.6 Å². The second-order valence-electron chi connectivity index (χ2n) is 3.45. The maximum atomic E-state index is 11.8. The molecular weight excluding hydrogens is 272 g/mol. The molecule has 0 atom stereocenters. The molecule has 2 aromatic heterocycles. The van der Waals surface area contributed by atoms with Gasteiger partial charge in [0.1, 0.15) is 5.82 Å². The van der Waals surface area contributed by atoms with E-state index < -0.39 is 0 Å². The average molecular weight is 283 g/mol. The number of hydrogen-bond donors (Lipinski definition) is 2. The minimum Gasteiger partial charge on any atom is -0.372 e. The van der Waals surface area contributed by atoms with E-state index in [0.29, 0.717) is 22.9 Å². The first-order chi connectivity index (χ1) is 8.70. The molecule has 0 aliphatic carbocycles. The SMILES string of the molecule is CNc1ncc(C(=O)NCc2cncs2)cc1Cl. The van der Waals surface area contributed by atoms with Crippen LogP contribution in [0.25, 0.3) is 0 Å². The van der Waals surface area contributed by atoms with Gasteiger partial charge in [0.15, 0.2) is 0 Å². The Morgan fingerprint density at radius 1 is 1.50 bits per heavy atom. The largest absolute Gasteiger partial charge is 0.372 e. The summed E-state index contributed by atoms with van der Waals surface area (Å²) >= 11 is 7.45. The molecule has 0 fully saturated rings. The van der Waals surface area contributed by atoms with E-state index in [9.17, 15) is 4.79 Å². The zero-order valence-corrected chi connectivity index (χ0v) is 11.2. The molecular formula is C11H11ClN4OS. The number of rotatable bonds is 4. The number of thiazole rings is 1. The first-order valence-corrected chi connectivity index (χ1v) is 6.45. The summed E-state index contributed by atoms with van der Waals surface area (Å²) in [6.45, 7) is 0.453. The molecule has 0 bridgehead atoms. The minimum atomic E-state index is -0.208. The Morgan fingerprint density at radius 2 is 2.33 bits per heavy atom. The maximum absolute atomic E-state index is 11.8. The molecule has 0 radical (unpaired) electrons. The highest BCUT2D eigenvalue weighted by molar-refractivity contribution is 7.09. The molecule has 0 unspecified atom stereocenters. The summed E-state index contributed by atoms with van der Waals surface area (Å²) in [4.78, 5) is 20.8. The van der Waals surface area contributed by atoms with E-state index in [4.69, 9.17) is 11.6 Å². The Labute approximate surface area is 113 Å². The van der Waals surface area contributed by atoms with E-state index in [2.05, 4.69) is 20.6 Å². The molecule has 0 spiro atoms. The Morgan fingerprint density at radius 3 is 2.94 bits per heavy atom. The Bertz CT molecular complexity index is 544. The van der Waals surface area contributed by atoms with Crippen LogP contribution in [-0.4, -0.2) is 22.9 Å². The van der Waals surface area contributed by atoms with Crippen molar-refractivity contribution >= 4 is 34.7 Å². The summed E-state index contributed by atoms with van der Waals surface area (Å²) in [6.07, 6.45) is 3.21. The third-order valence-electron chi connectivity index (χ3n) is 2.25. The van der Waals surface area contributed by atoms with E-state index in [1.807, 2.05) is 0 Å². The summed E-state index contributed by atoms with van der Waals surface area (Å²) < 4.78 is 0. The van der Waals surface area contributed by atoms with Gasteiger partial charge in [-0.15, -0.1) is 11.3 Å². The van der Waals surface area contributed by atoms with Gasteiger partial charge < -0.3 is 10.6 Å². The molecule has 2 aromatic rings. The highest BCUT2D eigenvalue weighted by Gasteiger charge is 2.09. The molecule has 2 heterocycles. The lowest BCUT2D eigenvalue weighted by Gasteiger charge is -2.06. The van der Waals surface area contributed by atoms with Gasteiger partial charge in [0, 0.05) is 24.3 Å². The second kappa shape index (κ2) is 5.79. The van der Waals surface area contributed by atoms with E-state index in [1.165, 1.54) is 17.5 Å². The number of nitrogens with zero attached hydrogens (tertiary/aromatic N) is 2. The molecule has 0 aliphatic rings. The number of carbonyl (C=O) groups excluding carboxylic acids is 1. The fourth-order valence-electron chi connectivity index (χ4n) is 1.34. The van der Waals surface area contributed by atoms with Crippen molar-refractivity contribution in [1.29, 1.82) is 0 Å².